The molecule has 0 fully saturated rings. The normalized spacial score (nSPS) is 10.7. The number of rotatable bonds is 4. The minimum atomic E-state index is -0.226. The summed E-state index contributed by atoms with van der Waals surface area (Å²) in [4.78, 5) is 29.6. The molecule has 1 amide bonds. The molecule has 6 nitrogen and oxygen atoms in total. The van der Waals surface area contributed by atoms with Crippen LogP contribution in [0, 0.1) is 0 Å². The lowest BCUT2D eigenvalue weighted by atomic mass is 10.2. The minimum absolute atomic E-state index is 0.212. The van der Waals surface area contributed by atoms with Crippen LogP contribution in [0.15, 0.2) is 53.7 Å². The topological polar surface area (TPSA) is 79.8 Å². The molecule has 6 heteroatoms. The monoisotopic (exact) mass is 282 g/mol. The molecule has 0 radical (unpaired) electrons. The average molecular weight is 282 g/mol. The smallest absolute Gasteiger partial charge is 0.252 e. The van der Waals surface area contributed by atoms with Crippen molar-refractivity contribution in [3.63, 3.8) is 0 Å². The van der Waals surface area contributed by atoms with Crippen LogP contribution in [0.1, 0.15) is 10.4 Å². The molecule has 0 saturated heterocycles. The highest BCUT2D eigenvalue weighted by molar-refractivity contribution is 5.93. The van der Waals surface area contributed by atoms with E-state index in [2.05, 4.69) is 15.3 Å². The van der Waals surface area contributed by atoms with Gasteiger partial charge in [-0.1, -0.05) is 12.1 Å². The number of aromatic nitrogens is 3. The number of carbonyl (C=O) groups excluding carboxylic acids is 1. The Morgan fingerprint density at radius 1 is 1.24 bits per heavy atom. The number of hydrogen-bond acceptors (Lipinski definition) is 3. The molecule has 0 atom stereocenters. The van der Waals surface area contributed by atoms with Crippen molar-refractivity contribution in [1.29, 1.82) is 0 Å². The van der Waals surface area contributed by atoms with Gasteiger partial charge in [-0.2, -0.15) is 0 Å². The van der Waals surface area contributed by atoms with Crippen LogP contribution < -0.4 is 10.9 Å². The first-order valence-corrected chi connectivity index (χ1v) is 6.61. The van der Waals surface area contributed by atoms with Gasteiger partial charge in [-0.15, -0.1) is 0 Å². The molecule has 3 aromatic rings. The number of aromatic amines is 1. The second kappa shape index (κ2) is 5.62. The van der Waals surface area contributed by atoms with Gasteiger partial charge in [0.2, 0.25) is 5.56 Å². The number of pyridine rings is 1. The molecule has 21 heavy (non-hydrogen) atoms. The van der Waals surface area contributed by atoms with E-state index in [0.717, 1.165) is 11.0 Å². The van der Waals surface area contributed by atoms with Gasteiger partial charge in [-0.05, 0) is 18.2 Å². The summed E-state index contributed by atoms with van der Waals surface area (Å²) in [7, 11) is 0. The molecule has 2 heterocycles. The van der Waals surface area contributed by atoms with E-state index in [1.54, 1.807) is 6.33 Å². The fourth-order valence-corrected chi connectivity index (χ4v) is 2.13. The summed E-state index contributed by atoms with van der Waals surface area (Å²) >= 11 is 0. The van der Waals surface area contributed by atoms with Crippen molar-refractivity contribution in [1.82, 2.24) is 19.9 Å². The SMILES string of the molecule is O=C(NCCn1cnc2ccccc21)c1ccc(=O)[nH]c1. The zero-order valence-electron chi connectivity index (χ0n) is 11.2. The molecular weight excluding hydrogens is 268 g/mol. The van der Waals surface area contributed by atoms with Crippen molar-refractivity contribution < 1.29 is 4.79 Å². The van der Waals surface area contributed by atoms with E-state index in [1.807, 2.05) is 28.8 Å². The molecule has 0 spiro atoms. The van der Waals surface area contributed by atoms with E-state index < -0.39 is 0 Å². The third-order valence-electron chi connectivity index (χ3n) is 3.21. The quantitative estimate of drug-likeness (QED) is 0.753. The van der Waals surface area contributed by atoms with Crippen LogP contribution in [-0.4, -0.2) is 27.0 Å². The number of hydrogen-bond donors (Lipinski definition) is 2. The van der Waals surface area contributed by atoms with Crippen LogP contribution in [0.2, 0.25) is 0 Å². The predicted octanol–water partition coefficient (Wildman–Crippen LogP) is 1.15. The molecule has 106 valence electrons. The predicted molar refractivity (Wildman–Crippen MR) is 79.1 cm³/mol. The van der Waals surface area contributed by atoms with Crippen molar-refractivity contribution in [3.05, 3.63) is 64.8 Å². The van der Waals surface area contributed by atoms with Gasteiger partial charge < -0.3 is 14.9 Å². The van der Waals surface area contributed by atoms with Crippen LogP contribution in [0.5, 0.6) is 0 Å². The lowest BCUT2D eigenvalue weighted by Gasteiger charge is -2.06. The van der Waals surface area contributed by atoms with E-state index >= 15 is 0 Å². The second-order valence-electron chi connectivity index (χ2n) is 4.62. The summed E-state index contributed by atoms with van der Waals surface area (Å²) < 4.78 is 1.99. The molecular formula is C15H14N4O2. The van der Waals surface area contributed by atoms with Gasteiger partial charge in [0.25, 0.3) is 5.91 Å². The number of amides is 1. The van der Waals surface area contributed by atoms with Crippen LogP contribution in [0.25, 0.3) is 11.0 Å². The fourth-order valence-electron chi connectivity index (χ4n) is 2.13. The van der Waals surface area contributed by atoms with Crippen molar-refractivity contribution in [2.75, 3.05) is 6.54 Å². The number of imidazole rings is 1. The number of benzene rings is 1. The zero-order chi connectivity index (χ0) is 14.7. The van der Waals surface area contributed by atoms with E-state index in [-0.39, 0.29) is 11.5 Å². The summed E-state index contributed by atoms with van der Waals surface area (Å²) in [6, 6.07) is 10.7. The Labute approximate surface area is 120 Å². The Hall–Kier alpha value is -2.89. The van der Waals surface area contributed by atoms with Gasteiger partial charge in [0, 0.05) is 25.4 Å². The summed E-state index contributed by atoms with van der Waals surface area (Å²) in [5.74, 6) is -0.212. The highest BCUT2D eigenvalue weighted by Gasteiger charge is 2.05. The van der Waals surface area contributed by atoms with Crippen LogP contribution >= 0.6 is 0 Å². The average Bonchev–Trinajstić information content (AvgIpc) is 2.91. The van der Waals surface area contributed by atoms with E-state index in [1.165, 1.54) is 18.3 Å². The maximum Gasteiger partial charge on any atom is 0.252 e. The van der Waals surface area contributed by atoms with E-state index in [4.69, 9.17) is 0 Å². The van der Waals surface area contributed by atoms with Crippen molar-refractivity contribution in [2.24, 2.45) is 0 Å². The summed E-state index contributed by atoms with van der Waals surface area (Å²) in [5.41, 5.74) is 2.18. The summed E-state index contributed by atoms with van der Waals surface area (Å²) in [6.07, 6.45) is 3.17. The number of carbonyl (C=O) groups is 1. The maximum atomic E-state index is 11.9. The largest absolute Gasteiger partial charge is 0.350 e. The van der Waals surface area contributed by atoms with Gasteiger partial charge >= 0.3 is 0 Å². The first-order chi connectivity index (χ1) is 10.2. The Morgan fingerprint density at radius 2 is 2.10 bits per heavy atom. The van der Waals surface area contributed by atoms with Crippen molar-refractivity contribution in [3.8, 4) is 0 Å². The summed E-state index contributed by atoms with van der Waals surface area (Å²) in [6.45, 7) is 1.12. The Bertz CT molecular complexity index is 814. The standard InChI is InChI=1S/C15H14N4O2/c20-14-6-5-11(9-17-14)15(21)16-7-8-19-10-18-12-3-1-2-4-13(12)19/h1-6,9-10H,7-8H2,(H,16,21)(H,17,20). The third-order valence-corrected chi connectivity index (χ3v) is 3.21. The highest BCUT2D eigenvalue weighted by atomic mass is 16.1. The first-order valence-electron chi connectivity index (χ1n) is 6.61. The highest BCUT2D eigenvalue weighted by Crippen LogP contribution is 2.10. The molecule has 0 bridgehead atoms. The number of nitrogens with zero attached hydrogens (tertiary/aromatic N) is 2. The maximum absolute atomic E-state index is 11.9. The molecule has 2 N–H and O–H groups in total. The Kier molecular flexibility index (Phi) is 3.51. The second-order valence-corrected chi connectivity index (χ2v) is 4.62. The summed E-state index contributed by atoms with van der Waals surface area (Å²) in [5, 5.41) is 2.81. The number of para-hydroxylation sites is 2. The molecule has 0 saturated carbocycles. The molecule has 1 aromatic carbocycles. The molecule has 3 rings (SSSR count). The number of fused-ring (bicyclic) bond motifs is 1. The Balaban J connectivity index is 1.62. The lowest BCUT2D eigenvalue weighted by Crippen LogP contribution is -2.27. The zero-order valence-corrected chi connectivity index (χ0v) is 11.2. The van der Waals surface area contributed by atoms with Gasteiger partial charge in [0.1, 0.15) is 0 Å². The van der Waals surface area contributed by atoms with Gasteiger partial charge in [-0.25, -0.2) is 4.98 Å². The number of nitrogens with one attached hydrogen (secondary N) is 2. The van der Waals surface area contributed by atoms with Crippen molar-refractivity contribution >= 4 is 16.9 Å². The number of H-pyrrole nitrogens is 1. The van der Waals surface area contributed by atoms with Crippen LogP contribution in [0.3, 0.4) is 0 Å². The molecule has 0 aliphatic rings. The molecule has 0 aliphatic carbocycles. The molecule has 0 unspecified atom stereocenters. The van der Waals surface area contributed by atoms with Crippen molar-refractivity contribution in [2.45, 2.75) is 6.54 Å². The van der Waals surface area contributed by atoms with Crippen LogP contribution in [-0.2, 0) is 6.54 Å². The van der Waals surface area contributed by atoms with Gasteiger partial charge in [-0.3, -0.25) is 9.59 Å². The third kappa shape index (κ3) is 2.84. The Morgan fingerprint density at radius 3 is 2.90 bits per heavy atom. The minimum Gasteiger partial charge on any atom is -0.350 e. The van der Waals surface area contributed by atoms with E-state index in [0.29, 0.717) is 18.7 Å². The van der Waals surface area contributed by atoms with E-state index in [9.17, 15) is 9.59 Å². The lowest BCUT2D eigenvalue weighted by molar-refractivity contribution is 0.0952. The molecule has 0 aliphatic heterocycles. The van der Waals surface area contributed by atoms with Gasteiger partial charge in [0.05, 0.1) is 22.9 Å². The fraction of sp³-hybridized carbons (Fsp3) is 0.133. The van der Waals surface area contributed by atoms with Crippen LogP contribution in [0.4, 0.5) is 0 Å². The molecule has 2 aromatic heterocycles. The first kappa shape index (κ1) is 13.1. The van der Waals surface area contributed by atoms with Gasteiger partial charge in [0.15, 0.2) is 0 Å².